The summed E-state index contributed by atoms with van der Waals surface area (Å²) in [6, 6.07) is 6.32. The molecule has 0 spiro atoms. The molecule has 104 valence electrons. The Morgan fingerprint density at radius 3 is 2.79 bits per heavy atom. The van der Waals surface area contributed by atoms with Crippen molar-refractivity contribution in [1.29, 1.82) is 0 Å². The number of nitrogens with two attached hydrogens (primary N) is 1. The lowest BCUT2D eigenvalue weighted by Crippen LogP contribution is -2.34. The van der Waals surface area contributed by atoms with Crippen LogP contribution in [0.1, 0.15) is 20.8 Å². The van der Waals surface area contributed by atoms with Crippen LogP contribution in [-0.4, -0.2) is 35.6 Å². The molecule has 0 saturated heterocycles. The van der Waals surface area contributed by atoms with Crippen LogP contribution >= 0.6 is 0 Å². The van der Waals surface area contributed by atoms with Crippen molar-refractivity contribution in [3.63, 3.8) is 0 Å². The summed E-state index contributed by atoms with van der Waals surface area (Å²) < 4.78 is 5.65. The van der Waals surface area contributed by atoms with E-state index in [2.05, 4.69) is 36.0 Å². The highest BCUT2D eigenvalue weighted by Gasteiger charge is 2.11. The molecule has 0 fully saturated rings. The third-order valence-electron chi connectivity index (χ3n) is 3.21. The van der Waals surface area contributed by atoms with Gasteiger partial charge in [-0.3, -0.25) is 0 Å². The summed E-state index contributed by atoms with van der Waals surface area (Å²) in [6.45, 7) is 9.52. The number of nitrogen functional groups attached to an aromatic ring is 1. The fourth-order valence-electron chi connectivity index (χ4n) is 2.13. The summed E-state index contributed by atoms with van der Waals surface area (Å²) in [6.07, 6.45) is 0. The minimum Gasteiger partial charge on any atom is -0.424 e. The minimum absolute atomic E-state index is 0.283. The van der Waals surface area contributed by atoms with Crippen molar-refractivity contribution in [1.82, 2.24) is 9.88 Å². The minimum atomic E-state index is 0.283. The summed E-state index contributed by atoms with van der Waals surface area (Å²) >= 11 is 0. The van der Waals surface area contributed by atoms with Gasteiger partial charge in [-0.2, -0.15) is 4.98 Å². The first-order chi connectivity index (χ1) is 9.12. The van der Waals surface area contributed by atoms with E-state index in [0.717, 1.165) is 30.7 Å². The van der Waals surface area contributed by atoms with E-state index in [1.54, 1.807) is 0 Å². The van der Waals surface area contributed by atoms with Gasteiger partial charge in [-0.25, -0.2) is 0 Å². The molecular weight excluding hydrogens is 240 g/mol. The molecule has 0 saturated carbocycles. The molecule has 3 N–H and O–H groups in total. The molecule has 1 unspecified atom stereocenters. The van der Waals surface area contributed by atoms with Crippen molar-refractivity contribution in [3.05, 3.63) is 18.2 Å². The first-order valence-corrected chi connectivity index (χ1v) is 6.77. The van der Waals surface area contributed by atoms with Crippen LogP contribution in [0.5, 0.6) is 0 Å². The highest BCUT2D eigenvalue weighted by atomic mass is 16.4. The second-order valence-electron chi connectivity index (χ2n) is 4.78. The van der Waals surface area contributed by atoms with E-state index in [1.807, 2.05) is 18.2 Å². The highest BCUT2D eigenvalue weighted by molar-refractivity contribution is 5.78. The number of anilines is 2. The quantitative estimate of drug-likeness (QED) is 0.783. The van der Waals surface area contributed by atoms with Gasteiger partial charge in [-0.15, -0.1) is 0 Å². The molecule has 0 amide bonds. The lowest BCUT2D eigenvalue weighted by molar-refractivity contribution is 0.293. The standard InChI is InChI=1S/C14H22N4O/c1-4-18(5-2)9-10(3)16-14-17-12-8-11(15)6-7-13(12)19-14/h6-8,10H,4-5,9,15H2,1-3H3,(H,16,17). The molecule has 5 heteroatoms. The molecule has 0 radical (unpaired) electrons. The lowest BCUT2D eigenvalue weighted by atomic mass is 10.3. The monoisotopic (exact) mass is 262 g/mol. The number of fused-ring (bicyclic) bond motifs is 1. The van der Waals surface area contributed by atoms with Crippen molar-refractivity contribution in [3.8, 4) is 0 Å². The second kappa shape index (κ2) is 5.93. The number of hydrogen-bond donors (Lipinski definition) is 2. The maximum absolute atomic E-state index is 5.73. The number of nitrogens with one attached hydrogen (secondary N) is 1. The van der Waals surface area contributed by atoms with Gasteiger partial charge in [0.15, 0.2) is 5.58 Å². The Morgan fingerprint density at radius 2 is 2.11 bits per heavy atom. The van der Waals surface area contributed by atoms with Crippen LogP contribution in [0.4, 0.5) is 11.7 Å². The molecule has 0 aliphatic heterocycles. The molecule has 5 nitrogen and oxygen atoms in total. The van der Waals surface area contributed by atoms with E-state index in [1.165, 1.54) is 0 Å². The van der Waals surface area contributed by atoms with Crippen molar-refractivity contribution < 1.29 is 4.42 Å². The van der Waals surface area contributed by atoms with Gasteiger partial charge in [-0.05, 0) is 38.2 Å². The van der Waals surface area contributed by atoms with E-state index in [9.17, 15) is 0 Å². The number of likely N-dealkylation sites (N-methyl/N-ethyl adjacent to an activating group) is 1. The smallest absolute Gasteiger partial charge is 0.295 e. The number of oxazole rings is 1. The summed E-state index contributed by atoms with van der Waals surface area (Å²) in [4.78, 5) is 6.76. The summed E-state index contributed by atoms with van der Waals surface area (Å²) in [7, 11) is 0. The number of aromatic nitrogens is 1. The average molecular weight is 262 g/mol. The fraction of sp³-hybridized carbons (Fsp3) is 0.500. The van der Waals surface area contributed by atoms with Crippen LogP contribution in [0.2, 0.25) is 0 Å². The van der Waals surface area contributed by atoms with Gasteiger partial charge < -0.3 is 20.4 Å². The molecule has 1 aromatic carbocycles. The zero-order valence-electron chi connectivity index (χ0n) is 11.8. The van der Waals surface area contributed by atoms with Crippen LogP contribution in [0.25, 0.3) is 11.1 Å². The van der Waals surface area contributed by atoms with Crippen molar-refractivity contribution in [2.24, 2.45) is 0 Å². The topological polar surface area (TPSA) is 67.3 Å². The Hall–Kier alpha value is -1.75. The van der Waals surface area contributed by atoms with E-state index >= 15 is 0 Å². The third-order valence-corrected chi connectivity index (χ3v) is 3.21. The van der Waals surface area contributed by atoms with Gasteiger partial charge >= 0.3 is 0 Å². The zero-order chi connectivity index (χ0) is 13.8. The molecule has 0 bridgehead atoms. The summed E-state index contributed by atoms with van der Waals surface area (Å²) in [5.74, 6) is 0. The Balaban J connectivity index is 2.04. The highest BCUT2D eigenvalue weighted by Crippen LogP contribution is 2.21. The Morgan fingerprint density at radius 1 is 1.37 bits per heavy atom. The molecule has 19 heavy (non-hydrogen) atoms. The van der Waals surface area contributed by atoms with E-state index in [0.29, 0.717) is 11.7 Å². The molecular formula is C14H22N4O. The van der Waals surface area contributed by atoms with Crippen LogP contribution in [-0.2, 0) is 0 Å². The van der Waals surface area contributed by atoms with Gasteiger partial charge in [-0.1, -0.05) is 13.8 Å². The molecule has 2 aromatic rings. The van der Waals surface area contributed by atoms with E-state index in [4.69, 9.17) is 10.2 Å². The zero-order valence-corrected chi connectivity index (χ0v) is 11.8. The maximum Gasteiger partial charge on any atom is 0.295 e. The third kappa shape index (κ3) is 3.38. The first-order valence-electron chi connectivity index (χ1n) is 6.77. The van der Waals surface area contributed by atoms with Crippen LogP contribution < -0.4 is 11.1 Å². The Labute approximate surface area is 113 Å². The molecule has 2 rings (SSSR count). The molecule has 1 atom stereocenters. The molecule has 0 aliphatic carbocycles. The summed E-state index contributed by atoms with van der Waals surface area (Å²) in [5, 5.41) is 3.29. The predicted octanol–water partition coefficient (Wildman–Crippen LogP) is 2.55. The first kappa shape index (κ1) is 13.7. The van der Waals surface area contributed by atoms with Crippen LogP contribution in [0.15, 0.2) is 22.6 Å². The maximum atomic E-state index is 5.73. The van der Waals surface area contributed by atoms with E-state index in [-0.39, 0.29) is 6.04 Å². The Kier molecular flexibility index (Phi) is 4.27. The number of nitrogens with zero attached hydrogens (tertiary/aromatic N) is 2. The molecule has 0 aliphatic rings. The van der Waals surface area contributed by atoms with Gasteiger partial charge in [0.25, 0.3) is 6.01 Å². The van der Waals surface area contributed by atoms with Crippen molar-refractivity contribution in [2.75, 3.05) is 30.7 Å². The largest absolute Gasteiger partial charge is 0.424 e. The normalized spacial score (nSPS) is 13.1. The van der Waals surface area contributed by atoms with Gasteiger partial charge in [0.1, 0.15) is 5.52 Å². The SMILES string of the molecule is CCN(CC)CC(C)Nc1nc2cc(N)ccc2o1. The van der Waals surface area contributed by atoms with E-state index < -0.39 is 0 Å². The molecule has 1 heterocycles. The number of hydrogen-bond acceptors (Lipinski definition) is 5. The molecule has 1 aromatic heterocycles. The number of rotatable bonds is 6. The fourth-order valence-corrected chi connectivity index (χ4v) is 2.13. The van der Waals surface area contributed by atoms with Gasteiger partial charge in [0, 0.05) is 18.3 Å². The van der Waals surface area contributed by atoms with Gasteiger partial charge in [0.2, 0.25) is 0 Å². The average Bonchev–Trinajstić information content (AvgIpc) is 2.77. The predicted molar refractivity (Wildman–Crippen MR) is 79.3 cm³/mol. The van der Waals surface area contributed by atoms with Crippen molar-refractivity contribution >= 4 is 22.8 Å². The van der Waals surface area contributed by atoms with Crippen molar-refractivity contribution in [2.45, 2.75) is 26.8 Å². The Bertz CT molecular complexity index is 533. The number of benzene rings is 1. The van der Waals surface area contributed by atoms with Crippen LogP contribution in [0, 0.1) is 0 Å². The second-order valence-corrected chi connectivity index (χ2v) is 4.78. The van der Waals surface area contributed by atoms with Crippen LogP contribution in [0.3, 0.4) is 0 Å². The van der Waals surface area contributed by atoms with Gasteiger partial charge in [0.05, 0.1) is 0 Å². The lowest BCUT2D eigenvalue weighted by Gasteiger charge is -2.22. The summed E-state index contributed by atoms with van der Waals surface area (Å²) in [5.41, 5.74) is 7.97.